The maximum Gasteiger partial charge on any atom is 0.0672 e. The van der Waals surface area contributed by atoms with Crippen LogP contribution in [0, 0.1) is 23.2 Å². The van der Waals surface area contributed by atoms with Crippen LogP contribution in [0.1, 0.15) is 51.9 Å². The second kappa shape index (κ2) is 8.49. The van der Waals surface area contributed by atoms with Gasteiger partial charge in [-0.1, -0.05) is 32.6 Å². The lowest BCUT2D eigenvalue weighted by Gasteiger charge is -2.24. The molecule has 3 atom stereocenters. The van der Waals surface area contributed by atoms with Crippen molar-refractivity contribution in [1.82, 2.24) is 5.32 Å². The topological polar surface area (TPSA) is 56.0 Å². The van der Waals surface area contributed by atoms with Crippen molar-refractivity contribution in [2.24, 2.45) is 11.8 Å². The van der Waals surface area contributed by atoms with Gasteiger partial charge >= 0.3 is 0 Å². The maximum atomic E-state index is 9.18. The molecule has 98 valence electrons. The second-order valence-electron chi connectivity index (χ2n) is 5.17. The molecule has 0 aromatic rings. The standard InChI is InChI=1S/C14H26N2O/c1-2-12(8-9-17)11-16-14-7-5-3-4-6-13(14)10-15/h12-14,16-17H,2-9,11H2,1H3. The minimum Gasteiger partial charge on any atom is -0.396 e. The molecule has 1 aliphatic carbocycles. The molecule has 0 aromatic heterocycles. The Bertz CT molecular complexity index is 237. The van der Waals surface area contributed by atoms with Crippen LogP contribution in [-0.4, -0.2) is 24.3 Å². The quantitative estimate of drug-likeness (QED) is 0.699. The van der Waals surface area contributed by atoms with Crippen LogP contribution in [0.3, 0.4) is 0 Å². The molecule has 17 heavy (non-hydrogen) atoms. The number of rotatable bonds is 6. The number of aliphatic hydroxyl groups is 1. The van der Waals surface area contributed by atoms with Crippen molar-refractivity contribution in [3.63, 3.8) is 0 Å². The zero-order chi connectivity index (χ0) is 12.5. The highest BCUT2D eigenvalue weighted by Crippen LogP contribution is 2.23. The summed E-state index contributed by atoms with van der Waals surface area (Å²) in [7, 11) is 0. The fourth-order valence-electron chi connectivity index (χ4n) is 2.66. The van der Waals surface area contributed by atoms with Crippen molar-refractivity contribution < 1.29 is 5.11 Å². The molecule has 1 saturated carbocycles. The molecule has 0 aromatic carbocycles. The van der Waals surface area contributed by atoms with Gasteiger partial charge in [-0.05, 0) is 31.7 Å². The molecule has 3 heteroatoms. The number of aliphatic hydroxyl groups excluding tert-OH is 1. The Morgan fingerprint density at radius 3 is 2.76 bits per heavy atom. The molecule has 3 unspecified atom stereocenters. The van der Waals surface area contributed by atoms with Gasteiger partial charge in [0.25, 0.3) is 0 Å². The Labute approximate surface area is 105 Å². The first-order valence-corrected chi connectivity index (χ1v) is 7.05. The van der Waals surface area contributed by atoms with Gasteiger partial charge < -0.3 is 10.4 Å². The summed E-state index contributed by atoms with van der Waals surface area (Å²) in [5.74, 6) is 0.728. The van der Waals surface area contributed by atoms with E-state index in [-0.39, 0.29) is 12.5 Å². The summed E-state index contributed by atoms with van der Waals surface area (Å²) in [6.07, 6.45) is 7.85. The highest BCUT2D eigenvalue weighted by Gasteiger charge is 2.23. The summed E-state index contributed by atoms with van der Waals surface area (Å²) in [6, 6.07) is 2.83. The van der Waals surface area contributed by atoms with Crippen molar-refractivity contribution in [3.05, 3.63) is 0 Å². The first-order valence-electron chi connectivity index (χ1n) is 7.05. The van der Waals surface area contributed by atoms with E-state index in [2.05, 4.69) is 18.3 Å². The third kappa shape index (κ3) is 5.06. The minimum atomic E-state index is 0.184. The number of nitrogens with zero attached hydrogens (tertiary/aromatic N) is 1. The molecule has 3 nitrogen and oxygen atoms in total. The fraction of sp³-hybridized carbons (Fsp3) is 0.929. The van der Waals surface area contributed by atoms with Crippen molar-refractivity contribution in [1.29, 1.82) is 5.26 Å². The van der Waals surface area contributed by atoms with Gasteiger partial charge in [0.05, 0.1) is 12.0 Å². The van der Waals surface area contributed by atoms with Gasteiger partial charge in [0.15, 0.2) is 0 Å². The summed E-state index contributed by atoms with van der Waals surface area (Å²) in [5.41, 5.74) is 0. The summed E-state index contributed by atoms with van der Waals surface area (Å²) in [4.78, 5) is 0. The lowest BCUT2D eigenvalue weighted by molar-refractivity contribution is 0.244. The summed E-state index contributed by atoms with van der Waals surface area (Å²) in [5, 5.41) is 21.7. The third-order valence-corrected chi connectivity index (χ3v) is 3.97. The van der Waals surface area contributed by atoms with Gasteiger partial charge in [-0.2, -0.15) is 5.26 Å². The van der Waals surface area contributed by atoms with Crippen LogP contribution in [0.25, 0.3) is 0 Å². The number of hydrogen-bond acceptors (Lipinski definition) is 3. The number of nitriles is 1. The van der Waals surface area contributed by atoms with Crippen molar-refractivity contribution in [2.45, 2.75) is 57.9 Å². The van der Waals surface area contributed by atoms with Crippen LogP contribution in [0.5, 0.6) is 0 Å². The number of hydrogen-bond donors (Lipinski definition) is 2. The molecular formula is C14H26N2O. The van der Waals surface area contributed by atoms with Crippen molar-refractivity contribution >= 4 is 0 Å². The van der Waals surface area contributed by atoms with Crippen molar-refractivity contribution in [3.8, 4) is 6.07 Å². The fourth-order valence-corrected chi connectivity index (χ4v) is 2.66. The average molecular weight is 238 g/mol. The molecule has 0 aliphatic heterocycles. The monoisotopic (exact) mass is 238 g/mol. The average Bonchev–Trinajstić information content (AvgIpc) is 2.59. The highest BCUT2D eigenvalue weighted by molar-refractivity contribution is 4.93. The van der Waals surface area contributed by atoms with E-state index < -0.39 is 0 Å². The SMILES string of the molecule is CCC(CCO)CNC1CCCCCC1C#N. The zero-order valence-corrected chi connectivity index (χ0v) is 11.0. The Morgan fingerprint density at radius 1 is 1.35 bits per heavy atom. The van der Waals surface area contributed by atoms with Crippen LogP contribution in [-0.2, 0) is 0 Å². The summed E-state index contributed by atoms with van der Waals surface area (Å²) >= 11 is 0. The van der Waals surface area contributed by atoms with E-state index in [0.717, 1.165) is 32.2 Å². The molecule has 0 amide bonds. The molecular weight excluding hydrogens is 212 g/mol. The maximum absolute atomic E-state index is 9.18. The summed E-state index contributed by atoms with van der Waals surface area (Å²) < 4.78 is 0. The predicted molar refractivity (Wildman–Crippen MR) is 69.5 cm³/mol. The van der Waals surface area contributed by atoms with E-state index in [4.69, 9.17) is 5.11 Å². The zero-order valence-electron chi connectivity index (χ0n) is 11.0. The van der Waals surface area contributed by atoms with Gasteiger partial charge in [-0.3, -0.25) is 0 Å². The molecule has 1 aliphatic rings. The number of nitrogens with one attached hydrogen (secondary N) is 1. The lowest BCUT2D eigenvalue weighted by Crippen LogP contribution is -2.38. The Kier molecular flexibility index (Phi) is 7.23. The Morgan fingerprint density at radius 2 is 2.12 bits per heavy atom. The van der Waals surface area contributed by atoms with E-state index in [1.165, 1.54) is 19.3 Å². The van der Waals surface area contributed by atoms with Crippen LogP contribution >= 0.6 is 0 Å². The van der Waals surface area contributed by atoms with E-state index in [1.54, 1.807) is 0 Å². The van der Waals surface area contributed by atoms with E-state index >= 15 is 0 Å². The van der Waals surface area contributed by atoms with Crippen LogP contribution in [0.4, 0.5) is 0 Å². The second-order valence-corrected chi connectivity index (χ2v) is 5.17. The summed E-state index contributed by atoms with van der Waals surface area (Å²) in [6.45, 7) is 3.38. The van der Waals surface area contributed by atoms with Gasteiger partial charge in [0.1, 0.15) is 0 Å². The predicted octanol–water partition coefficient (Wildman–Crippen LogP) is 2.46. The minimum absolute atomic E-state index is 0.184. The molecule has 0 bridgehead atoms. The van der Waals surface area contributed by atoms with Crippen LogP contribution in [0.15, 0.2) is 0 Å². The normalized spacial score (nSPS) is 27.1. The third-order valence-electron chi connectivity index (χ3n) is 3.97. The largest absolute Gasteiger partial charge is 0.396 e. The molecule has 2 N–H and O–H groups in total. The van der Waals surface area contributed by atoms with E-state index in [1.807, 2.05) is 0 Å². The van der Waals surface area contributed by atoms with Gasteiger partial charge in [0, 0.05) is 12.6 Å². The molecule has 1 fully saturated rings. The molecule has 0 spiro atoms. The smallest absolute Gasteiger partial charge is 0.0672 e. The first-order chi connectivity index (χ1) is 8.31. The molecule has 0 heterocycles. The van der Waals surface area contributed by atoms with E-state index in [0.29, 0.717) is 12.0 Å². The van der Waals surface area contributed by atoms with Gasteiger partial charge in [0.2, 0.25) is 0 Å². The molecule has 0 saturated heterocycles. The Balaban J connectivity index is 2.38. The first kappa shape index (κ1) is 14.5. The Hall–Kier alpha value is -0.590. The highest BCUT2D eigenvalue weighted by atomic mass is 16.3. The van der Waals surface area contributed by atoms with Gasteiger partial charge in [-0.15, -0.1) is 0 Å². The van der Waals surface area contributed by atoms with Gasteiger partial charge in [-0.25, -0.2) is 0 Å². The molecule has 1 rings (SSSR count). The van der Waals surface area contributed by atoms with E-state index in [9.17, 15) is 5.26 Å². The van der Waals surface area contributed by atoms with Crippen LogP contribution in [0.2, 0.25) is 0 Å². The lowest BCUT2D eigenvalue weighted by atomic mass is 9.95. The van der Waals surface area contributed by atoms with Crippen molar-refractivity contribution in [2.75, 3.05) is 13.2 Å². The molecule has 0 radical (unpaired) electrons. The van der Waals surface area contributed by atoms with Crippen LogP contribution < -0.4 is 5.32 Å².